The van der Waals surface area contributed by atoms with Crippen LogP contribution in [0, 0.1) is 0 Å². The standard InChI is InChI=1S/C12H20N2O3/c1-14(2)13-8-10(15)9-17-12-7-5-4-6-11(12)16-3/h4-7,10,13,15H,8-9H2,1-3H3. The predicted octanol–water partition coefficient (Wildman–Crippen LogP) is 0.501. The molecule has 0 radical (unpaired) electrons. The molecule has 1 aromatic carbocycles. The highest BCUT2D eigenvalue weighted by molar-refractivity contribution is 5.39. The van der Waals surface area contributed by atoms with E-state index in [0.717, 1.165) is 0 Å². The first-order valence-corrected chi connectivity index (χ1v) is 5.48. The molecule has 0 aliphatic rings. The van der Waals surface area contributed by atoms with Crippen LogP contribution in [0.2, 0.25) is 0 Å². The topological polar surface area (TPSA) is 54.0 Å². The Kier molecular flexibility index (Phi) is 5.76. The zero-order valence-corrected chi connectivity index (χ0v) is 10.5. The number of nitrogens with zero attached hydrogens (tertiary/aromatic N) is 1. The largest absolute Gasteiger partial charge is 0.493 e. The fourth-order valence-corrected chi connectivity index (χ4v) is 1.27. The number of nitrogens with one attached hydrogen (secondary N) is 1. The average molecular weight is 240 g/mol. The van der Waals surface area contributed by atoms with E-state index in [9.17, 15) is 5.11 Å². The van der Waals surface area contributed by atoms with Crippen molar-refractivity contribution in [3.05, 3.63) is 24.3 Å². The number of aliphatic hydroxyl groups excluding tert-OH is 1. The van der Waals surface area contributed by atoms with E-state index >= 15 is 0 Å². The van der Waals surface area contributed by atoms with E-state index in [1.165, 1.54) is 0 Å². The lowest BCUT2D eigenvalue weighted by molar-refractivity contribution is 0.0871. The Hall–Kier alpha value is -1.30. The van der Waals surface area contributed by atoms with Gasteiger partial charge in [-0.05, 0) is 12.1 Å². The van der Waals surface area contributed by atoms with E-state index in [1.807, 2.05) is 38.4 Å². The van der Waals surface area contributed by atoms with Gasteiger partial charge >= 0.3 is 0 Å². The van der Waals surface area contributed by atoms with E-state index in [-0.39, 0.29) is 6.61 Å². The Labute approximate surface area is 102 Å². The summed E-state index contributed by atoms with van der Waals surface area (Å²) in [6, 6.07) is 7.36. The second kappa shape index (κ2) is 7.11. The van der Waals surface area contributed by atoms with Crippen molar-refractivity contribution in [2.75, 3.05) is 34.4 Å². The van der Waals surface area contributed by atoms with E-state index in [1.54, 1.807) is 12.1 Å². The summed E-state index contributed by atoms with van der Waals surface area (Å²) >= 11 is 0. The molecule has 96 valence electrons. The molecule has 0 bridgehead atoms. The summed E-state index contributed by atoms with van der Waals surface area (Å²) in [6.07, 6.45) is -0.567. The molecule has 1 unspecified atom stereocenters. The number of hydrazine groups is 1. The molecular formula is C12H20N2O3. The molecule has 17 heavy (non-hydrogen) atoms. The van der Waals surface area contributed by atoms with Crippen molar-refractivity contribution in [2.24, 2.45) is 0 Å². The van der Waals surface area contributed by atoms with Gasteiger partial charge in [-0.3, -0.25) is 10.4 Å². The average Bonchev–Trinajstić information content (AvgIpc) is 2.34. The Morgan fingerprint density at radius 1 is 1.29 bits per heavy atom. The minimum atomic E-state index is -0.567. The molecule has 0 saturated carbocycles. The summed E-state index contributed by atoms with van der Waals surface area (Å²) in [4.78, 5) is 0. The summed E-state index contributed by atoms with van der Waals surface area (Å²) in [5.74, 6) is 1.30. The van der Waals surface area contributed by atoms with Crippen molar-refractivity contribution in [1.82, 2.24) is 10.4 Å². The molecule has 0 heterocycles. The van der Waals surface area contributed by atoms with Gasteiger partial charge in [0.25, 0.3) is 0 Å². The molecule has 0 saturated heterocycles. The van der Waals surface area contributed by atoms with E-state index in [4.69, 9.17) is 9.47 Å². The van der Waals surface area contributed by atoms with Crippen LogP contribution in [0.25, 0.3) is 0 Å². The van der Waals surface area contributed by atoms with Gasteiger partial charge in [-0.1, -0.05) is 12.1 Å². The highest BCUT2D eigenvalue weighted by atomic mass is 16.5. The molecule has 1 atom stereocenters. The van der Waals surface area contributed by atoms with E-state index < -0.39 is 6.10 Å². The van der Waals surface area contributed by atoms with Gasteiger partial charge in [-0.15, -0.1) is 0 Å². The normalized spacial score (nSPS) is 12.5. The van der Waals surface area contributed by atoms with Gasteiger partial charge in [0.2, 0.25) is 0 Å². The SMILES string of the molecule is COc1ccccc1OCC(O)CNN(C)C. The lowest BCUT2D eigenvalue weighted by atomic mass is 10.3. The Morgan fingerprint density at radius 3 is 2.53 bits per heavy atom. The fraction of sp³-hybridized carbons (Fsp3) is 0.500. The van der Waals surface area contributed by atoms with Crippen molar-refractivity contribution in [1.29, 1.82) is 0 Å². The number of aliphatic hydroxyl groups is 1. The van der Waals surface area contributed by atoms with Crippen LogP contribution >= 0.6 is 0 Å². The van der Waals surface area contributed by atoms with Crippen LogP contribution in [0.3, 0.4) is 0 Å². The summed E-state index contributed by atoms with van der Waals surface area (Å²) in [5, 5.41) is 11.5. The van der Waals surface area contributed by atoms with Crippen LogP contribution in [0.1, 0.15) is 0 Å². The van der Waals surface area contributed by atoms with Crippen molar-refractivity contribution in [3.8, 4) is 11.5 Å². The maximum Gasteiger partial charge on any atom is 0.161 e. The number of benzene rings is 1. The fourth-order valence-electron chi connectivity index (χ4n) is 1.27. The Balaban J connectivity index is 2.39. The number of rotatable bonds is 7. The van der Waals surface area contributed by atoms with Gasteiger partial charge in [0.15, 0.2) is 11.5 Å². The molecule has 1 aromatic rings. The third kappa shape index (κ3) is 5.04. The third-order valence-electron chi connectivity index (χ3n) is 2.14. The molecule has 0 aliphatic heterocycles. The second-order valence-electron chi connectivity index (χ2n) is 3.87. The highest BCUT2D eigenvalue weighted by Crippen LogP contribution is 2.25. The monoisotopic (exact) mass is 240 g/mol. The van der Waals surface area contributed by atoms with Crippen LogP contribution in [0.15, 0.2) is 24.3 Å². The number of para-hydroxylation sites is 2. The number of hydrogen-bond acceptors (Lipinski definition) is 5. The molecule has 0 aromatic heterocycles. The van der Waals surface area contributed by atoms with Crippen LogP contribution in [0.5, 0.6) is 11.5 Å². The molecular weight excluding hydrogens is 220 g/mol. The van der Waals surface area contributed by atoms with E-state index in [0.29, 0.717) is 18.0 Å². The molecule has 0 aliphatic carbocycles. The zero-order valence-electron chi connectivity index (χ0n) is 10.5. The summed E-state index contributed by atoms with van der Waals surface area (Å²) in [5.41, 5.74) is 2.98. The summed E-state index contributed by atoms with van der Waals surface area (Å²) in [6.45, 7) is 0.670. The molecule has 2 N–H and O–H groups in total. The first kappa shape index (κ1) is 13.8. The second-order valence-corrected chi connectivity index (χ2v) is 3.87. The van der Waals surface area contributed by atoms with Crippen LogP contribution < -0.4 is 14.9 Å². The minimum absolute atomic E-state index is 0.223. The van der Waals surface area contributed by atoms with Crippen molar-refractivity contribution >= 4 is 0 Å². The van der Waals surface area contributed by atoms with Crippen molar-refractivity contribution in [2.45, 2.75) is 6.10 Å². The molecule has 5 nitrogen and oxygen atoms in total. The van der Waals surface area contributed by atoms with Crippen molar-refractivity contribution < 1.29 is 14.6 Å². The van der Waals surface area contributed by atoms with Crippen LogP contribution in [0.4, 0.5) is 0 Å². The minimum Gasteiger partial charge on any atom is -0.493 e. The lowest BCUT2D eigenvalue weighted by Crippen LogP contribution is -2.39. The van der Waals surface area contributed by atoms with Crippen molar-refractivity contribution in [3.63, 3.8) is 0 Å². The first-order valence-electron chi connectivity index (χ1n) is 5.48. The molecule has 1 rings (SSSR count). The molecule has 0 fully saturated rings. The molecule has 5 heteroatoms. The van der Waals surface area contributed by atoms with Crippen LogP contribution in [-0.2, 0) is 0 Å². The smallest absolute Gasteiger partial charge is 0.161 e. The Bertz CT molecular complexity index is 331. The summed E-state index contributed by atoms with van der Waals surface area (Å²) < 4.78 is 10.6. The zero-order chi connectivity index (χ0) is 12.7. The van der Waals surface area contributed by atoms with Gasteiger partial charge in [-0.2, -0.15) is 0 Å². The highest BCUT2D eigenvalue weighted by Gasteiger charge is 2.08. The number of methoxy groups -OCH3 is 1. The van der Waals surface area contributed by atoms with Gasteiger partial charge in [0.05, 0.1) is 7.11 Å². The number of ether oxygens (including phenoxy) is 2. The molecule has 0 amide bonds. The van der Waals surface area contributed by atoms with Crippen LogP contribution in [-0.4, -0.2) is 50.6 Å². The lowest BCUT2D eigenvalue weighted by Gasteiger charge is -2.17. The maximum absolute atomic E-state index is 9.67. The summed E-state index contributed by atoms with van der Waals surface area (Å²) in [7, 11) is 5.33. The maximum atomic E-state index is 9.67. The van der Waals surface area contributed by atoms with E-state index in [2.05, 4.69) is 5.43 Å². The van der Waals surface area contributed by atoms with Gasteiger partial charge < -0.3 is 14.6 Å². The van der Waals surface area contributed by atoms with Gasteiger partial charge in [0, 0.05) is 20.6 Å². The quantitative estimate of drug-likeness (QED) is 0.680. The first-order chi connectivity index (χ1) is 8.13. The molecule has 0 spiro atoms. The van der Waals surface area contributed by atoms with Gasteiger partial charge in [-0.25, -0.2) is 0 Å². The third-order valence-corrected chi connectivity index (χ3v) is 2.14. The Morgan fingerprint density at radius 2 is 1.94 bits per heavy atom. The number of hydrogen-bond donors (Lipinski definition) is 2. The predicted molar refractivity (Wildman–Crippen MR) is 66.2 cm³/mol. The van der Waals surface area contributed by atoms with Gasteiger partial charge in [0.1, 0.15) is 12.7 Å².